The lowest BCUT2D eigenvalue weighted by Gasteiger charge is -2.28. The molecule has 1 aliphatic rings. The molecule has 1 aromatic carbocycles. The third kappa shape index (κ3) is 3.56. The molecule has 0 spiro atoms. The molecular weight excluding hydrogens is 278 g/mol. The van der Waals surface area contributed by atoms with Gasteiger partial charge in [0, 0.05) is 18.7 Å². The molecule has 112 valence electrons. The lowest BCUT2D eigenvalue weighted by Crippen LogP contribution is -2.33. The van der Waals surface area contributed by atoms with Crippen molar-refractivity contribution in [3.63, 3.8) is 0 Å². The highest BCUT2D eigenvalue weighted by Crippen LogP contribution is 2.30. The van der Waals surface area contributed by atoms with E-state index in [0.717, 1.165) is 19.3 Å². The minimum Gasteiger partial charge on any atom is -0.495 e. The fourth-order valence-corrected chi connectivity index (χ4v) is 3.74. The largest absolute Gasteiger partial charge is 0.495 e. The molecule has 2 atom stereocenters. The third-order valence-corrected chi connectivity index (χ3v) is 5.33. The van der Waals surface area contributed by atoms with Crippen molar-refractivity contribution >= 4 is 15.5 Å². The van der Waals surface area contributed by atoms with E-state index in [4.69, 9.17) is 15.2 Å². The number of sulfone groups is 1. The second kappa shape index (κ2) is 5.91. The maximum Gasteiger partial charge on any atom is 0.150 e. The molecule has 1 aromatic rings. The highest BCUT2D eigenvalue weighted by molar-refractivity contribution is 7.91. The molecule has 2 rings (SSSR count). The standard InChI is InChI=1S/C14H21NO4S/c1-18-14-7-6-11(9-13(14)15)19-10-4-3-5-12(8-10)20(2,16)17/h6-7,9-10,12H,3-5,8,15H2,1-2H3. The third-order valence-electron chi connectivity index (χ3n) is 3.69. The van der Waals surface area contributed by atoms with Crippen LogP contribution in [-0.4, -0.2) is 33.1 Å². The zero-order valence-corrected chi connectivity index (χ0v) is 12.7. The second-order valence-corrected chi connectivity index (χ2v) is 7.59. The zero-order valence-electron chi connectivity index (χ0n) is 11.8. The van der Waals surface area contributed by atoms with Crippen LogP contribution in [0.4, 0.5) is 5.69 Å². The van der Waals surface area contributed by atoms with E-state index in [1.54, 1.807) is 25.3 Å². The lowest BCUT2D eigenvalue weighted by molar-refractivity contribution is 0.156. The summed E-state index contributed by atoms with van der Waals surface area (Å²) in [5.74, 6) is 1.26. The first-order valence-corrected chi connectivity index (χ1v) is 8.64. The number of methoxy groups -OCH3 is 1. The van der Waals surface area contributed by atoms with E-state index in [-0.39, 0.29) is 11.4 Å². The van der Waals surface area contributed by atoms with Crippen LogP contribution in [0.5, 0.6) is 11.5 Å². The van der Waals surface area contributed by atoms with E-state index >= 15 is 0 Å². The van der Waals surface area contributed by atoms with Crippen LogP contribution >= 0.6 is 0 Å². The number of nitrogen functional groups attached to an aromatic ring is 1. The van der Waals surface area contributed by atoms with Gasteiger partial charge in [0.05, 0.1) is 24.2 Å². The predicted molar refractivity (Wildman–Crippen MR) is 78.9 cm³/mol. The fraction of sp³-hybridized carbons (Fsp3) is 0.571. The molecule has 0 bridgehead atoms. The summed E-state index contributed by atoms with van der Waals surface area (Å²) in [5.41, 5.74) is 6.35. The first-order chi connectivity index (χ1) is 9.40. The SMILES string of the molecule is COc1ccc(OC2CCCC(S(C)(=O)=O)C2)cc1N. The van der Waals surface area contributed by atoms with Crippen molar-refractivity contribution in [3.05, 3.63) is 18.2 Å². The van der Waals surface area contributed by atoms with Gasteiger partial charge in [-0.25, -0.2) is 8.42 Å². The van der Waals surface area contributed by atoms with Gasteiger partial charge in [0.2, 0.25) is 0 Å². The molecule has 6 heteroatoms. The molecule has 0 saturated heterocycles. The van der Waals surface area contributed by atoms with Crippen molar-refractivity contribution < 1.29 is 17.9 Å². The molecule has 2 N–H and O–H groups in total. The Bertz CT molecular complexity index is 571. The first-order valence-electron chi connectivity index (χ1n) is 6.69. The number of ether oxygens (including phenoxy) is 2. The van der Waals surface area contributed by atoms with Crippen LogP contribution in [0.2, 0.25) is 0 Å². The second-order valence-electron chi connectivity index (χ2n) is 5.26. The van der Waals surface area contributed by atoms with Crippen LogP contribution in [0.1, 0.15) is 25.7 Å². The van der Waals surface area contributed by atoms with Gasteiger partial charge in [-0.05, 0) is 31.4 Å². The smallest absolute Gasteiger partial charge is 0.150 e. The highest BCUT2D eigenvalue weighted by atomic mass is 32.2. The Morgan fingerprint density at radius 2 is 2.05 bits per heavy atom. The first kappa shape index (κ1) is 15.0. The van der Waals surface area contributed by atoms with Crippen molar-refractivity contribution in [1.29, 1.82) is 0 Å². The number of hydrogen-bond acceptors (Lipinski definition) is 5. The zero-order chi connectivity index (χ0) is 14.8. The molecule has 1 aliphatic carbocycles. The van der Waals surface area contributed by atoms with Crippen LogP contribution < -0.4 is 15.2 Å². The van der Waals surface area contributed by atoms with Gasteiger partial charge in [-0.15, -0.1) is 0 Å². The highest BCUT2D eigenvalue weighted by Gasteiger charge is 2.29. The van der Waals surface area contributed by atoms with Crippen molar-refractivity contribution in [2.75, 3.05) is 19.1 Å². The summed E-state index contributed by atoms with van der Waals surface area (Å²) in [4.78, 5) is 0. The summed E-state index contributed by atoms with van der Waals surface area (Å²) in [5, 5.41) is -0.295. The number of benzene rings is 1. The van der Waals surface area contributed by atoms with Crippen LogP contribution in [0.3, 0.4) is 0 Å². The minimum atomic E-state index is -2.99. The number of anilines is 1. The quantitative estimate of drug-likeness (QED) is 0.860. The molecule has 1 saturated carbocycles. The van der Waals surface area contributed by atoms with Gasteiger partial charge >= 0.3 is 0 Å². The summed E-state index contributed by atoms with van der Waals surface area (Å²) in [6, 6.07) is 5.25. The average Bonchev–Trinajstić information content (AvgIpc) is 2.38. The Hall–Kier alpha value is -1.43. The Labute approximate surface area is 120 Å². The number of rotatable bonds is 4. The fourth-order valence-electron chi connectivity index (χ4n) is 2.58. The van der Waals surface area contributed by atoms with Crippen LogP contribution in [0.25, 0.3) is 0 Å². The molecule has 5 nitrogen and oxygen atoms in total. The molecule has 1 fully saturated rings. The number of hydrogen-bond donors (Lipinski definition) is 1. The molecule has 0 amide bonds. The van der Waals surface area contributed by atoms with Gasteiger partial charge < -0.3 is 15.2 Å². The van der Waals surface area contributed by atoms with Crippen LogP contribution in [0, 0.1) is 0 Å². The van der Waals surface area contributed by atoms with E-state index in [1.807, 2.05) is 0 Å². The molecule has 2 unspecified atom stereocenters. The average molecular weight is 299 g/mol. The van der Waals surface area contributed by atoms with E-state index in [2.05, 4.69) is 0 Å². The van der Waals surface area contributed by atoms with Gasteiger partial charge in [-0.2, -0.15) is 0 Å². The van der Waals surface area contributed by atoms with Crippen LogP contribution in [-0.2, 0) is 9.84 Å². The summed E-state index contributed by atoms with van der Waals surface area (Å²) in [6.07, 6.45) is 4.24. The maximum atomic E-state index is 11.6. The van der Waals surface area contributed by atoms with Gasteiger partial charge in [-0.1, -0.05) is 0 Å². The van der Waals surface area contributed by atoms with Crippen molar-refractivity contribution in [1.82, 2.24) is 0 Å². The van der Waals surface area contributed by atoms with Crippen molar-refractivity contribution in [3.8, 4) is 11.5 Å². The molecule has 0 aromatic heterocycles. The van der Waals surface area contributed by atoms with Crippen molar-refractivity contribution in [2.24, 2.45) is 0 Å². The molecule has 0 aliphatic heterocycles. The summed E-state index contributed by atoms with van der Waals surface area (Å²) < 4.78 is 34.2. The maximum absolute atomic E-state index is 11.6. The van der Waals surface area contributed by atoms with Gasteiger partial charge in [0.25, 0.3) is 0 Å². The lowest BCUT2D eigenvalue weighted by atomic mass is 9.97. The van der Waals surface area contributed by atoms with Gasteiger partial charge in [0.1, 0.15) is 21.3 Å². The normalized spacial score (nSPS) is 23.3. The Kier molecular flexibility index (Phi) is 4.42. The Morgan fingerprint density at radius 1 is 1.30 bits per heavy atom. The van der Waals surface area contributed by atoms with Crippen molar-refractivity contribution in [2.45, 2.75) is 37.0 Å². The van der Waals surface area contributed by atoms with E-state index in [1.165, 1.54) is 6.26 Å². The van der Waals surface area contributed by atoms with Gasteiger partial charge in [-0.3, -0.25) is 0 Å². The summed E-state index contributed by atoms with van der Waals surface area (Å²) >= 11 is 0. The molecule has 0 radical (unpaired) electrons. The molecule has 20 heavy (non-hydrogen) atoms. The van der Waals surface area contributed by atoms with Crippen LogP contribution in [0.15, 0.2) is 18.2 Å². The van der Waals surface area contributed by atoms with Gasteiger partial charge in [0.15, 0.2) is 0 Å². The van der Waals surface area contributed by atoms with E-state index in [9.17, 15) is 8.42 Å². The minimum absolute atomic E-state index is 0.0729. The molecule has 0 heterocycles. The Morgan fingerprint density at radius 3 is 2.65 bits per heavy atom. The summed E-state index contributed by atoms with van der Waals surface area (Å²) in [6.45, 7) is 0. The summed E-state index contributed by atoms with van der Waals surface area (Å²) in [7, 11) is -1.44. The monoisotopic (exact) mass is 299 g/mol. The predicted octanol–water partition coefficient (Wildman–Crippen LogP) is 2.01. The Balaban J connectivity index is 2.04. The van der Waals surface area contributed by atoms with E-state index < -0.39 is 9.84 Å². The topological polar surface area (TPSA) is 78.6 Å². The molecular formula is C14H21NO4S. The number of nitrogens with two attached hydrogens (primary N) is 1. The van der Waals surface area contributed by atoms with E-state index in [0.29, 0.717) is 23.6 Å².